The minimum Gasteiger partial charge on any atom is -0.300 e. The molecule has 7 heteroatoms. The minimum atomic E-state index is -0.146. The van der Waals surface area contributed by atoms with Crippen molar-refractivity contribution in [3.05, 3.63) is 63.4 Å². The summed E-state index contributed by atoms with van der Waals surface area (Å²) in [5, 5.41) is 8.28. The van der Waals surface area contributed by atoms with Gasteiger partial charge in [-0.15, -0.1) is 11.3 Å². The van der Waals surface area contributed by atoms with E-state index in [-0.39, 0.29) is 12.5 Å². The van der Waals surface area contributed by atoms with Gasteiger partial charge >= 0.3 is 0 Å². The summed E-state index contributed by atoms with van der Waals surface area (Å²) in [5.41, 5.74) is 3.14. The van der Waals surface area contributed by atoms with Gasteiger partial charge in [0, 0.05) is 28.7 Å². The van der Waals surface area contributed by atoms with E-state index in [1.807, 2.05) is 38.2 Å². The number of nitrogens with zero attached hydrogens (tertiary/aromatic N) is 3. The molecule has 0 saturated heterocycles. The van der Waals surface area contributed by atoms with Gasteiger partial charge in [0.25, 0.3) is 0 Å². The molecule has 0 atom stereocenters. The Morgan fingerprint density at radius 3 is 2.92 bits per heavy atom. The third-order valence-electron chi connectivity index (χ3n) is 3.50. The highest BCUT2D eigenvalue weighted by molar-refractivity contribution is 7.15. The molecule has 0 radical (unpaired) electrons. The lowest BCUT2D eigenvalue weighted by Gasteiger charge is -2.04. The standard InChI is InChI=1S/C17H17ClN4OS/c1-11-7-20-22(9-11)10-15(23)21-17-19-8-14(24-17)6-13-5-3-4-12(2)16(13)18/h3-5,7-9H,6,10H2,1-2H3,(H,19,21,23). The number of aromatic nitrogens is 3. The molecule has 1 N–H and O–H groups in total. The number of benzene rings is 1. The van der Waals surface area contributed by atoms with Crippen molar-refractivity contribution in [2.24, 2.45) is 0 Å². The van der Waals surface area contributed by atoms with Crippen LogP contribution in [0.4, 0.5) is 5.13 Å². The number of rotatable bonds is 5. The van der Waals surface area contributed by atoms with Gasteiger partial charge in [-0.2, -0.15) is 5.10 Å². The summed E-state index contributed by atoms with van der Waals surface area (Å²) in [6.45, 7) is 4.10. The van der Waals surface area contributed by atoms with Gasteiger partial charge < -0.3 is 5.32 Å². The predicted octanol–water partition coefficient (Wildman–Crippen LogP) is 3.84. The number of nitrogens with one attached hydrogen (secondary N) is 1. The van der Waals surface area contributed by atoms with Crippen molar-refractivity contribution < 1.29 is 4.79 Å². The molecule has 1 amide bonds. The molecule has 24 heavy (non-hydrogen) atoms. The van der Waals surface area contributed by atoms with Gasteiger partial charge in [0.05, 0.1) is 6.20 Å². The number of hydrogen-bond donors (Lipinski definition) is 1. The van der Waals surface area contributed by atoms with Gasteiger partial charge in [-0.1, -0.05) is 29.8 Å². The molecule has 0 aliphatic rings. The lowest BCUT2D eigenvalue weighted by Crippen LogP contribution is -2.18. The molecule has 0 bridgehead atoms. The van der Waals surface area contributed by atoms with E-state index in [1.54, 1.807) is 17.1 Å². The van der Waals surface area contributed by atoms with Crippen LogP contribution in [0.25, 0.3) is 0 Å². The first-order valence-corrected chi connectivity index (χ1v) is 8.68. The number of amides is 1. The summed E-state index contributed by atoms with van der Waals surface area (Å²) in [5.74, 6) is -0.146. The maximum absolute atomic E-state index is 12.0. The van der Waals surface area contributed by atoms with Crippen molar-refractivity contribution in [2.45, 2.75) is 26.8 Å². The van der Waals surface area contributed by atoms with Gasteiger partial charge in [0.15, 0.2) is 5.13 Å². The van der Waals surface area contributed by atoms with Crippen LogP contribution in [0.3, 0.4) is 0 Å². The Labute approximate surface area is 149 Å². The van der Waals surface area contributed by atoms with Gasteiger partial charge in [-0.05, 0) is 30.5 Å². The number of aryl methyl sites for hydroxylation is 2. The topological polar surface area (TPSA) is 59.8 Å². The van der Waals surface area contributed by atoms with Gasteiger partial charge in [0.1, 0.15) is 6.54 Å². The summed E-state index contributed by atoms with van der Waals surface area (Å²) in [6, 6.07) is 5.99. The van der Waals surface area contributed by atoms with Crippen LogP contribution in [0, 0.1) is 13.8 Å². The van der Waals surface area contributed by atoms with Gasteiger partial charge in [0.2, 0.25) is 5.91 Å². The molecular formula is C17H17ClN4OS. The molecule has 0 aliphatic carbocycles. The number of carbonyl (C=O) groups is 1. The molecule has 1 aromatic carbocycles. The summed E-state index contributed by atoms with van der Waals surface area (Å²) in [4.78, 5) is 17.3. The number of thiazole rings is 1. The maximum atomic E-state index is 12.0. The van der Waals surface area contributed by atoms with Crippen LogP contribution < -0.4 is 5.32 Å². The molecule has 2 aromatic heterocycles. The highest BCUT2D eigenvalue weighted by Crippen LogP contribution is 2.26. The van der Waals surface area contributed by atoms with E-state index in [4.69, 9.17) is 11.6 Å². The zero-order valence-corrected chi connectivity index (χ0v) is 15.0. The van der Waals surface area contributed by atoms with E-state index in [0.29, 0.717) is 11.6 Å². The van der Waals surface area contributed by atoms with Gasteiger partial charge in [-0.25, -0.2) is 4.98 Å². The molecule has 124 valence electrons. The second-order valence-electron chi connectivity index (χ2n) is 5.62. The largest absolute Gasteiger partial charge is 0.300 e. The van der Waals surface area contributed by atoms with Crippen LogP contribution in [-0.4, -0.2) is 20.7 Å². The molecular weight excluding hydrogens is 344 g/mol. The zero-order valence-electron chi connectivity index (χ0n) is 13.4. The van der Waals surface area contributed by atoms with Crippen LogP contribution in [0.1, 0.15) is 21.6 Å². The molecule has 0 fully saturated rings. The Balaban J connectivity index is 1.63. The Morgan fingerprint density at radius 2 is 2.17 bits per heavy atom. The van der Waals surface area contributed by atoms with E-state index in [9.17, 15) is 4.79 Å². The van der Waals surface area contributed by atoms with Crippen LogP contribution in [0.15, 0.2) is 36.8 Å². The lowest BCUT2D eigenvalue weighted by atomic mass is 10.1. The monoisotopic (exact) mass is 360 g/mol. The van der Waals surface area contributed by atoms with E-state index in [2.05, 4.69) is 15.4 Å². The molecule has 0 aliphatic heterocycles. The lowest BCUT2D eigenvalue weighted by molar-refractivity contribution is -0.116. The molecule has 2 heterocycles. The van der Waals surface area contributed by atoms with Crippen LogP contribution >= 0.6 is 22.9 Å². The second-order valence-corrected chi connectivity index (χ2v) is 7.11. The first-order valence-electron chi connectivity index (χ1n) is 7.49. The first-order chi connectivity index (χ1) is 11.5. The Kier molecular flexibility index (Phi) is 4.97. The van der Waals surface area contributed by atoms with E-state index >= 15 is 0 Å². The van der Waals surface area contributed by atoms with E-state index < -0.39 is 0 Å². The Bertz CT molecular complexity index is 871. The molecule has 0 unspecified atom stereocenters. The number of carbonyl (C=O) groups excluding carboxylic acids is 1. The van der Waals surface area contributed by atoms with E-state index in [0.717, 1.165) is 26.6 Å². The van der Waals surface area contributed by atoms with Crippen molar-refractivity contribution in [2.75, 3.05) is 5.32 Å². The third-order valence-corrected chi connectivity index (χ3v) is 4.96. The molecule has 3 aromatic rings. The highest BCUT2D eigenvalue weighted by Gasteiger charge is 2.10. The fraction of sp³-hybridized carbons (Fsp3) is 0.235. The Hall–Kier alpha value is -2.18. The second kappa shape index (κ2) is 7.15. The minimum absolute atomic E-state index is 0.146. The summed E-state index contributed by atoms with van der Waals surface area (Å²) in [6.07, 6.45) is 6.02. The fourth-order valence-corrected chi connectivity index (χ4v) is 3.38. The average molecular weight is 361 g/mol. The van der Waals surface area contributed by atoms with Crippen LogP contribution in [0.5, 0.6) is 0 Å². The van der Waals surface area contributed by atoms with E-state index in [1.165, 1.54) is 11.3 Å². The average Bonchev–Trinajstić information content (AvgIpc) is 3.13. The first kappa shape index (κ1) is 16.7. The van der Waals surface area contributed by atoms with Crippen molar-refractivity contribution in [1.29, 1.82) is 0 Å². The smallest absolute Gasteiger partial charge is 0.247 e. The quantitative estimate of drug-likeness (QED) is 0.752. The normalized spacial score (nSPS) is 10.8. The van der Waals surface area contributed by atoms with Crippen molar-refractivity contribution in [3.63, 3.8) is 0 Å². The third kappa shape index (κ3) is 4.01. The fourth-order valence-electron chi connectivity index (χ4n) is 2.34. The van der Waals surface area contributed by atoms with Crippen LogP contribution in [0.2, 0.25) is 5.02 Å². The SMILES string of the molecule is Cc1cnn(CC(=O)Nc2ncc(Cc3cccc(C)c3Cl)s2)c1. The summed E-state index contributed by atoms with van der Waals surface area (Å²) in [7, 11) is 0. The van der Waals surface area contributed by atoms with Crippen molar-refractivity contribution in [3.8, 4) is 0 Å². The number of hydrogen-bond acceptors (Lipinski definition) is 4. The number of anilines is 1. The van der Waals surface area contributed by atoms with Crippen molar-refractivity contribution >= 4 is 34.0 Å². The van der Waals surface area contributed by atoms with Crippen LogP contribution in [-0.2, 0) is 17.8 Å². The predicted molar refractivity (Wildman–Crippen MR) is 96.7 cm³/mol. The number of halogens is 1. The summed E-state index contributed by atoms with van der Waals surface area (Å²) >= 11 is 7.79. The van der Waals surface area contributed by atoms with Crippen molar-refractivity contribution in [1.82, 2.24) is 14.8 Å². The molecule has 0 spiro atoms. The van der Waals surface area contributed by atoms with Gasteiger partial charge in [-0.3, -0.25) is 9.48 Å². The zero-order chi connectivity index (χ0) is 17.1. The summed E-state index contributed by atoms with van der Waals surface area (Å²) < 4.78 is 1.60. The molecule has 5 nitrogen and oxygen atoms in total. The molecule has 0 saturated carbocycles. The highest BCUT2D eigenvalue weighted by atomic mass is 35.5. The maximum Gasteiger partial charge on any atom is 0.247 e. The Morgan fingerprint density at radius 1 is 1.33 bits per heavy atom. The molecule has 3 rings (SSSR count).